The predicted molar refractivity (Wildman–Crippen MR) is 145 cm³/mol. The van der Waals surface area contributed by atoms with Gasteiger partial charge >= 0.3 is 5.76 Å². The maximum atomic E-state index is 13.4. The summed E-state index contributed by atoms with van der Waals surface area (Å²) in [5, 5.41) is 0.840. The van der Waals surface area contributed by atoms with Crippen LogP contribution in [0.3, 0.4) is 0 Å². The molecule has 0 spiro atoms. The number of anilines is 1. The van der Waals surface area contributed by atoms with E-state index in [2.05, 4.69) is 42.4 Å². The summed E-state index contributed by atoms with van der Waals surface area (Å²) in [5.41, 5.74) is 2.95. The van der Waals surface area contributed by atoms with E-state index in [1.807, 2.05) is 24.3 Å². The summed E-state index contributed by atoms with van der Waals surface area (Å²) in [5.74, 6) is -1.09. The van der Waals surface area contributed by atoms with Gasteiger partial charge in [-0.15, -0.1) is 0 Å². The molecule has 0 aliphatic carbocycles. The Bertz CT molecular complexity index is 1610. The first-order chi connectivity index (χ1) is 18.3. The van der Waals surface area contributed by atoms with E-state index in [1.165, 1.54) is 28.8 Å². The topological polar surface area (TPSA) is 93.0 Å². The van der Waals surface area contributed by atoms with E-state index in [0.717, 1.165) is 27.2 Å². The van der Waals surface area contributed by atoms with Crippen LogP contribution in [-0.2, 0) is 21.4 Å². The largest absolute Gasteiger partial charge is 0.439 e. The van der Waals surface area contributed by atoms with Gasteiger partial charge in [0.15, 0.2) is 0 Å². The Morgan fingerprint density at radius 1 is 1.00 bits per heavy atom. The molecule has 2 aliphatic rings. The number of nitrogens with zero attached hydrogens (tertiary/aromatic N) is 3. The van der Waals surface area contributed by atoms with Gasteiger partial charge in [-0.2, -0.15) is 9.29 Å². The third kappa shape index (κ3) is 5.80. The second kappa shape index (κ2) is 11.3. The number of ether oxygens (including phenoxy) is 1. The van der Waals surface area contributed by atoms with Crippen LogP contribution in [0.2, 0.25) is 0 Å². The Balaban J connectivity index is 0.000000222. The number of hydrogen-bond donors (Lipinski definition) is 0. The van der Waals surface area contributed by atoms with Crippen molar-refractivity contribution in [3.8, 4) is 0 Å². The van der Waals surface area contributed by atoms with E-state index >= 15 is 0 Å². The summed E-state index contributed by atoms with van der Waals surface area (Å²) in [7, 11) is -3.67. The van der Waals surface area contributed by atoms with Crippen LogP contribution in [0.15, 0.2) is 91.6 Å². The molecule has 0 bridgehead atoms. The molecule has 0 unspecified atom stereocenters. The first kappa shape index (κ1) is 26.5. The van der Waals surface area contributed by atoms with Crippen LogP contribution in [-0.4, -0.2) is 43.6 Å². The van der Waals surface area contributed by atoms with Crippen molar-refractivity contribution < 1.29 is 22.0 Å². The van der Waals surface area contributed by atoms with Gasteiger partial charge in [0, 0.05) is 40.2 Å². The molecule has 4 aromatic rings. The molecular weight excluding hydrogens is 577 g/mol. The summed E-state index contributed by atoms with van der Waals surface area (Å²) in [6.07, 6.45) is 2.81. The fraction of sp³-hybridized carbons (Fsp3) is 0.259. The zero-order chi connectivity index (χ0) is 26.7. The number of aromatic nitrogens is 1. The van der Waals surface area contributed by atoms with Gasteiger partial charge in [-0.05, 0) is 61.4 Å². The maximum Gasteiger partial charge on any atom is 0.439 e. The molecule has 0 amide bonds. The average Bonchev–Trinajstić information content (AvgIpc) is 2.93. The lowest BCUT2D eigenvalue weighted by molar-refractivity contribution is 0.0987. The van der Waals surface area contributed by atoms with Crippen LogP contribution >= 0.6 is 15.9 Å². The maximum absolute atomic E-state index is 13.4. The molecule has 198 valence electrons. The lowest BCUT2D eigenvalue weighted by Gasteiger charge is -2.41. The summed E-state index contributed by atoms with van der Waals surface area (Å²) in [4.78, 5) is 16.5. The Hall–Kier alpha value is -3.12. The zero-order valence-electron chi connectivity index (χ0n) is 20.3. The van der Waals surface area contributed by atoms with Crippen molar-refractivity contribution in [1.29, 1.82) is 0 Å². The van der Waals surface area contributed by atoms with Crippen LogP contribution in [0.1, 0.15) is 18.4 Å². The quantitative estimate of drug-likeness (QED) is 0.329. The minimum atomic E-state index is -3.67. The third-order valence-electron chi connectivity index (χ3n) is 6.57. The molecule has 3 heterocycles. The number of para-hydroxylation sites is 1. The van der Waals surface area contributed by atoms with E-state index < -0.39 is 21.6 Å². The Kier molecular flexibility index (Phi) is 7.89. The molecule has 1 fully saturated rings. The van der Waals surface area contributed by atoms with Gasteiger partial charge in [-0.3, -0.25) is 0 Å². The Morgan fingerprint density at radius 3 is 2.58 bits per heavy atom. The normalized spacial score (nSPS) is 16.5. The third-order valence-corrected chi connectivity index (χ3v) is 8.96. The molecule has 6 rings (SSSR count). The summed E-state index contributed by atoms with van der Waals surface area (Å²) in [6.45, 7) is 1.91. The summed E-state index contributed by atoms with van der Waals surface area (Å²) < 4.78 is 51.7. The second-order valence-electron chi connectivity index (χ2n) is 8.99. The average molecular weight is 602 g/mol. The zero-order valence-corrected chi connectivity index (χ0v) is 22.7. The molecule has 0 radical (unpaired) electrons. The van der Waals surface area contributed by atoms with E-state index in [1.54, 1.807) is 6.07 Å². The highest BCUT2D eigenvalue weighted by Gasteiger charge is 2.33. The van der Waals surface area contributed by atoms with Crippen LogP contribution in [0, 0.1) is 5.82 Å². The minimum absolute atomic E-state index is 0.0115. The van der Waals surface area contributed by atoms with Crippen molar-refractivity contribution in [3.05, 3.63) is 99.4 Å². The van der Waals surface area contributed by atoms with Crippen molar-refractivity contribution in [2.45, 2.75) is 30.4 Å². The Labute approximate surface area is 227 Å². The van der Waals surface area contributed by atoms with E-state index in [9.17, 15) is 17.6 Å². The van der Waals surface area contributed by atoms with Crippen molar-refractivity contribution in [2.75, 3.05) is 24.7 Å². The van der Waals surface area contributed by atoms with Crippen molar-refractivity contribution in [3.63, 3.8) is 0 Å². The monoisotopic (exact) mass is 601 g/mol. The van der Waals surface area contributed by atoms with Gasteiger partial charge in [0.05, 0.1) is 17.0 Å². The van der Waals surface area contributed by atoms with Crippen molar-refractivity contribution >= 4 is 42.5 Å². The Morgan fingerprint density at radius 2 is 1.79 bits per heavy atom. The van der Waals surface area contributed by atoms with E-state index in [4.69, 9.17) is 4.74 Å². The molecule has 0 saturated carbocycles. The minimum Gasteiger partial charge on any atom is -0.416 e. The number of rotatable bonds is 3. The number of piperidine rings is 1. The molecule has 8 nitrogen and oxygen atoms in total. The second-order valence-corrected chi connectivity index (χ2v) is 11.8. The molecule has 0 atom stereocenters. The predicted octanol–water partition coefficient (Wildman–Crippen LogP) is 4.92. The van der Waals surface area contributed by atoms with E-state index in [0.29, 0.717) is 44.8 Å². The fourth-order valence-corrected chi connectivity index (χ4v) is 6.58. The fourth-order valence-electron chi connectivity index (χ4n) is 4.67. The molecule has 38 heavy (non-hydrogen) atoms. The lowest BCUT2D eigenvalue weighted by atomic mass is 10.0. The molecule has 1 saturated heterocycles. The number of hydrogen-bond acceptors (Lipinski definition) is 7. The van der Waals surface area contributed by atoms with Crippen LogP contribution in [0.5, 0.6) is 0 Å². The van der Waals surface area contributed by atoms with Crippen LogP contribution in [0.4, 0.5) is 10.1 Å². The van der Waals surface area contributed by atoms with Gasteiger partial charge in [-0.25, -0.2) is 17.6 Å². The van der Waals surface area contributed by atoms with E-state index in [-0.39, 0.29) is 10.9 Å². The highest BCUT2D eigenvalue weighted by atomic mass is 79.9. The SMILES string of the molecule is O=S(=O)(c1cccc(F)c1)N1CCC(N2COCc3cc(Br)ccc32)CC1.O=c1nc2ccccc2co1. The molecule has 3 aromatic carbocycles. The van der Waals surface area contributed by atoms with Gasteiger partial charge in [0.25, 0.3) is 0 Å². The number of fused-ring (bicyclic) bond motifs is 2. The number of halogens is 2. The number of sulfonamides is 1. The lowest BCUT2D eigenvalue weighted by Crippen LogP contribution is -2.48. The molecule has 2 aliphatic heterocycles. The highest BCUT2D eigenvalue weighted by Crippen LogP contribution is 2.33. The summed E-state index contributed by atoms with van der Waals surface area (Å²) in [6, 6.07) is 18.9. The summed E-state index contributed by atoms with van der Waals surface area (Å²) >= 11 is 3.49. The standard InChI is InChI=1S/C19H20BrFN2O3S.C8H5NO2/c20-15-4-5-19-14(10-15)12-26-13-23(19)17-6-8-22(9-7-17)27(24,25)18-3-1-2-16(21)11-18;10-8-9-7-4-2-1-3-6(7)5-11-8/h1-5,10-11,17H,6-9,12-13H2;1-5H. The van der Waals surface area contributed by atoms with Crippen LogP contribution < -0.4 is 10.7 Å². The molecule has 1 aromatic heterocycles. The number of benzene rings is 3. The van der Waals surface area contributed by atoms with Gasteiger partial charge in [0.2, 0.25) is 10.0 Å². The van der Waals surface area contributed by atoms with Crippen molar-refractivity contribution in [2.24, 2.45) is 0 Å². The molecular formula is C27H25BrFN3O5S. The van der Waals surface area contributed by atoms with Gasteiger partial charge in [0.1, 0.15) is 18.8 Å². The van der Waals surface area contributed by atoms with Gasteiger partial charge < -0.3 is 14.1 Å². The van der Waals surface area contributed by atoms with Crippen LogP contribution in [0.25, 0.3) is 10.9 Å². The first-order valence-corrected chi connectivity index (χ1v) is 14.3. The first-order valence-electron chi connectivity index (χ1n) is 12.0. The van der Waals surface area contributed by atoms with Gasteiger partial charge in [-0.1, -0.05) is 34.1 Å². The highest BCUT2D eigenvalue weighted by molar-refractivity contribution is 9.10. The molecule has 11 heteroatoms. The van der Waals surface area contributed by atoms with Crippen molar-refractivity contribution in [1.82, 2.24) is 9.29 Å². The molecule has 0 N–H and O–H groups in total. The smallest absolute Gasteiger partial charge is 0.416 e.